The molecule has 0 fully saturated rings. The Bertz CT molecular complexity index is 632. The zero-order valence-corrected chi connectivity index (χ0v) is 12.0. The van der Waals surface area contributed by atoms with E-state index >= 15 is 0 Å². The maximum Gasteiger partial charge on any atom is 0.149 e. The van der Waals surface area contributed by atoms with Gasteiger partial charge in [0.05, 0.1) is 5.75 Å². The number of nitrogens with zero attached hydrogens (tertiary/aromatic N) is 2. The fourth-order valence-corrected chi connectivity index (χ4v) is 2.57. The lowest BCUT2D eigenvalue weighted by Gasteiger charge is -2.14. The molecule has 0 spiro atoms. The second-order valence-corrected chi connectivity index (χ2v) is 7.00. The van der Waals surface area contributed by atoms with Crippen molar-refractivity contribution in [3.63, 3.8) is 0 Å². The van der Waals surface area contributed by atoms with Crippen molar-refractivity contribution in [1.29, 1.82) is 0 Å². The molecular weight excluding hydrogens is 260 g/mol. The fourth-order valence-electron chi connectivity index (χ4n) is 2.05. The Kier molecular flexibility index (Phi) is 4.04. The Hall–Kier alpha value is -1.62. The van der Waals surface area contributed by atoms with E-state index in [1.807, 2.05) is 29.0 Å². The summed E-state index contributed by atoms with van der Waals surface area (Å²) in [7, 11) is -2.96. The van der Waals surface area contributed by atoms with Gasteiger partial charge < -0.3 is 4.57 Å². The molecule has 0 saturated heterocycles. The monoisotopic (exact) mass is 278 g/mol. The standard InChI is InChI=1S/C14H18N2O2S/c1-12(13-6-4-3-5-7-13)14-15-8-9-16(14)10-11-19(2,17)18/h3-9,12H,10-11H2,1-2H3/t12-/m0/s1. The van der Waals surface area contributed by atoms with E-state index in [4.69, 9.17) is 0 Å². The Balaban J connectivity index is 2.20. The predicted molar refractivity (Wildman–Crippen MR) is 75.9 cm³/mol. The van der Waals surface area contributed by atoms with E-state index in [0.29, 0.717) is 6.54 Å². The molecule has 0 saturated carbocycles. The van der Waals surface area contributed by atoms with Crippen LogP contribution in [-0.2, 0) is 16.4 Å². The molecule has 19 heavy (non-hydrogen) atoms. The maximum atomic E-state index is 11.2. The summed E-state index contributed by atoms with van der Waals surface area (Å²) in [5.41, 5.74) is 1.18. The second kappa shape index (κ2) is 5.57. The van der Waals surface area contributed by atoms with Crippen molar-refractivity contribution in [3.8, 4) is 0 Å². The summed E-state index contributed by atoms with van der Waals surface area (Å²) < 4.78 is 24.4. The van der Waals surface area contributed by atoms with Gasteiger partial charge in [-0.1, -0.05) is 37.3 Å². The molecule has 1 aromatic heterocycles. The first-order valence-corrected chi connectivity index (χ1v) is 8.27. The van der Waals surface area contributed by atoms with Gasteiger partial charge >= 0.3 is 0 Å². The summed E-state index contributed by atoms with van der Waals surface area (Å²) in [5.74, 6) is 1.18. The van der Waals surface area contributed by atoms with Crippen molar-refractivity contribution in [2.24, 2.45) is 0 Å². The quantitative estimate of drug-likeness (QED) is 0.841. The van der Waals surface area contributed by atoms with Gasteiger partial charge in [-0.2, -0.15) is 0 Å². The summed E-state index contributed by atoms with van der Waals surface area (Å²) >= 11 is 0. The van der Waals surface area contributed by atoms with Crippen LogP contribution in [0.25, 0.3) is 0 Å². The maximum absolute atomic E-state index is 11.2. The van der Waals surface area contributed by atoms with Gasteiger partial charge in [0.1, 0.15) is 15.7 Å². The minimum absolute atomic E-state index is 0.137. The zero-order valence-electron chi connectivity index (χ0n) is 11.2. The lowest BCUT2D eigenvalue weighted by atomic mass is 10.0. The van der Waals surface area contributed by atoms with Crippen LogP contribution < -0.4 is 0 Å². The van der Waals surface area contributed by atoms with Crippen molar-refractivity contribution in [1.82, 2.24) is 9.55 Å². The average Bonchev–Trinajstić information content (AvgIpc) is 2.84. The summed E-state index contributed by atoms with van der Waals surface area (Å²) in [5, 5.41) is 0. The smallest absolute Gasteiger partial charge is 0.149 e. The highest BCUT2D eigenvalue weighted by molar-refractivity contribution is 7.90. The molecule has 2 rings (SSSR count). The van der Waals surface area contributed by atoms with Crippen LogP contribution in [0, 0.1) is 0 Å². The predicted octanol–water partition coefficient (Wildman–Crippen LogP) is 2.08. The Morgan fingerprint density at radius 3 is 2.58 bits per heavy atom. The van der Waals surface area contributed by atoms with E-state index in [1.165, 1.54) is 11.8 Å². The number of rotatable bonds is 5. The van der Waals surface area contributed by atoms with Crippen molar-refractivity contribution in [2.75, 3.05) is 12.0 Å². The van der Waals surface area contributed by atoms with Gasteiger partial charge in [-0.3, -0.25) is 0 Å². The molecule has 0 aliphatic carbocycles. The third kappa shape index (κ3) is 3.67. The molecule has 0 radical (unpaired) electrons. The van der Waals surface area contributed by atoms with Gasteiger partial charge in [-0.05, 0) is 5.56 Å². The second-order valence-electron chi connectivity index (χ2n) is 4.74. The summed E-state index contributed by atoms with van der Waals surface area (Å²) in [6, 6.07) is 10.1. The van der Waals surface area contributed by atoms with Gasteiger partial charge in [-0.25, -0.2) is 13.4 Å². The van der Waals surface area contributed by atoms with Gasteiger partial charge in [-0.15, -0.1) is 0 Å². The molecule has 0 unspecified atom stereocenters. The molecule has 2 aromatic rings. The van der Waals surface area contributed by atoms with Crippen LogP contribution in [0.15, 0.2) is 42.7 Å². The van der Waals surface area contributed by atoms with Crippen molar-refractivity contribution < 1.29 is 8.42 Å². The van der Waals surface area contributed by atoms with Crippen LogP contribution in [0.2, 0.25) is 0 Å². The molecular formula is C14H18N2O2S. The van der Waals surface area contributed by atoms with Crippen LogP contribution in [-0.4, -0.2) is 30.0 Å². The van der Waals surface area contributed by atoms with Gasteiger partial charge in [0, 0.05) is 31.1 Å². The Morgan fingerprint density at radius 1 is 1.26 bits per heavy atom. The first kappa shape index (κ1) is 13.8. The Morgan fingerprint density at radius 2 is 1.95 bits per heavy atom. The first-order chi connectivity index (χ1) is 8.97. The molecule has 5 heteroatoms. The molecule has 102 valence electrons. The topological polar surface area (TPSA) is 52.0 Å². The number of aryl methyl sites for hydroxylation is 1. The van der Waals surface area contributed by atoms with Gasteiger partial charge in [0.2, 0.25) is 0 Å². The molecule has 4 nitrogen and oxygen atoms in total. The van der Waals surface area contributed by atoms with E-state index in [9.17, 15) is 8.42 Å². The summed E-state index contributed by atoms with van der Waals surface area (Å²) in [6.45, 7) is 2.53. The van der Waals surface area contributed by atoms with E-state index in [0.717, 1.165) is 5.82 Å². The van der Waals surface area contributed by atoms with E-state index in [1.54, 1.807) is 6.20 Å². The molecule has 1 heterocycles. The highest BCUT2D eigenvalue weighted by atomic mass is 32.2. The highest BCUT2D eigenvalue weighted by Crippen LogP contribution is 2.22. The fraction of sp³-hybridized carbons (Fsp3) is 0.357. The van der Waals surface area contributed by atoms with E-state index in [-0.39, 0.29) is 11.7 Å². The van der Waals surface area contributed by atoms with Gasteiger partial charge in [0.15, 0.2) is 0 Å². The number of sulfone groups is 1. The SMILES string of the molecule is C[C@@H](c1ccccc1)c1nccn1CCS(C)(=O)=O. The molecule has 0 N–H and O–H groups in total. The van der Waals surface area contributed by atoms with Crippen LogP contribution in [0.4, 0.5) is 0 Å². The lowest BCUT2D eigenvalue weighted by Crippen LogP contribution is -2.14. The van der Waals surface area contributed by atoms with Crippen LogP contribution >= 0.6 is 0 Å². The number of benzene rings is 1. The van der Waals surface area contributed by atoms with E-state index < -0.39 is 9.84 Å². The Labute approximate surface area is 114 Å². The summed E-state index contributed by atoms with van der Waals surface area (Å²) in [6.07, 6.45) is 4.81. The normalized spacial score (nSPS) is 13.4. The summed E-state index contributed by atoms with van der Waals surface area (Å²) in [4.78, 5) is 4.36. The molecule has 0 aliphatic rings. The van der Waals surface area contributed by atoms with Crippen molar-refractivity contribution in [2.45, 2.75) is 19.4 Å². The van der Waals surface area contributed by atoms with Gasteiger partial charge in [0.25, 0.3) is 0 Å². The number of hydrogen-bond acceptors (Lipinski definition) is 3. The molecule has 1 atom stereocenters. The average molecular weight is 278 g/mol. The molecule has 0 bridgehead atoms. The third-order valence-corrected chi connectivity index (χ3v) is 4.06. The molecule has 0 amide bonds. The van der Waals surface area contributed by atoms with Crippen LogP contribution in [0.3, 0.4) is 0 Å². The van der Waals surface area contributed by atoms with Crippen molar-refractivity contribution in [3.05, 3.63) is 54.1 Å². The zero-order chi connectivity index (χ0) is 13.9. The number of imidazole rings is 1. The van der Waals surface area contributed by atoms with Crippen LogP contribution in [0.5, 0.6) is 0 Å². The van der Waals surface area contributed by atoms with Crippen LogP contribution in [0.1, 0.15) is 24.2 Å². The van der Waals surface area contributed by atoms with Crippen molar-refractivity contribution >= 4 is 9.84 Å². The molecule has 0 aliphatic heterocycles. The lowest BCUT2D eigenvalue weighted by molar-refractivity contribution is 0.590. The minimum atomic E-state index is -2.96. The largest absolute Gasteiger partial charge is 0.333 e. The molecule has 1 aromatic carbocycles. The number of hydrogen-bond donors (Lipinski definition) is 0. The first-order valence-electron chi connectivity index (χ1n) is 6.21. The number of aromatic nitrogens is 2. The third-order valence-electron chi connectivity index (χ3n) is 3.14. The van der Waals surface area contributed by atoms with E-state index in [2.05, 4.69) is 24.0 Å². The highest BCUT2D eigenvalue weighted by Gasteiger charge is 2.14. The minimum Gasteiger partial charge on any atom is -0.333 e.